The number of nitrogens with one attached hydrogen (secondary N) is 1. The van der Waals surface area contributed by atoms with Gasteiger partial charge in [0.05, 0.1) is 17.5 Å². The van der Waals surface area contributed by atoms with Crippen molar-refractivity contribution in [3.8, 4) is 0 Å². The second-order valence-corrected chi connectivity index (χ2v) is 9.91. The van der Waals surface area contributed by atoms with E-state index in [1.54, 1.807) is 0 Å². The maximum absolute atomic E-state index is 13.5. The molecule has 0 saturated carbocycles. The molecule has 1 saturated heterocycles. The molecule has 9 heteroatoms. The van der Waals surface area contributed by atoms with Gasteiger partial charge in [0.2, 0.25) is 15.9 Å². The summed E-state index contributed by atoms with van der Waals surface area (Å²) in [7, 11) is -3.91. The molecule has 166 valence electrons. The lowest BCUT2D eigenvalue weighted by atomic mass is 9.88. The van der Waals surface area contributed by atoms with Crippen molar-refractivity contribution in [3.05, 3.63) is 65.2 Å². The fourth-order valence-electron chi connectivity index (χ4n) is 4.26. The third-order valence-corrected chi connectivity index (χ3v) is 7.83. The summed E-state index contributed by atoms with van der Waals surface area (Å²) in [5.41, 5.74) is 2.44. The highest BCUT2D eigenvalue weighted by Gasteiger charge is 2.30. The maximum atomic E-state index is 13.5. The van der Waals surface area contributed by atoms with Crippen molar-refractivity contribution in [2.24, 2.45) is 0 Å². The molecule has 1 heterocycles. The molecule has 1 amide bonds. The van der Waals surface area contributed by atoms with Gasteiger partial charge in [0.15, 0.2) is 11.6 Å². The van der Waals surface area contributed by atoms with Gasteiger partial charge < -0.3 is 5.32 Å². The van der Waals surface area contributed by atoms with E-state index in [4.69, 9.17) is 0 Å². The van der Waals surface area contributed by atoms with Crippen molar-refractivity contribution in [3.63, 3.8) is 0 Å². The third kappa shape index (κ3) is 4.78. The minimum Gasteiger partial charge on any atom is -0.348 e. The van der Waals surface area contributed by atoms with E-state index in [1.807, 2.05) is 17.0 Å². The first-order chi connectivity index (χ1) is 14.8. The standard InChI is InChI=1S/C22H25F2N3O3S/c23-19-9-8-17(14-20(19)24)31(29,30)27-12-10-26(11-13-27)15-22(28)25-21-7-3-5-16-4-1-2-6-18(16)21/h1-2,4,6,8-9,14,21H,3,5,7,10-13,15H2,(H,25,28). The van der Waals surface area contributed by atoms with Crippen LogP contribution in [0.25, 0.3) is 0 Å². The maximum Gasteiger partial charge on any atom is 0.243 e. The van der Waals surface area contributed by atoms with Crippen LogP contribution in [0, 0.1) is 11.6 Å². The van der Waals surface area contributed by atoms with E-state index >= 15 is 0 Å². The Morgan fingerprint density at radius 3 is 2.52 bits per heavy atom. The Kier molecular flexibility index (Phi) is 6.36. The number of halogens is 2. The van der Waals surface area contributed by atoms with Crippen LogP contribution in [0.3, 0.4) is 0 Å². The van der Waals surface area contributed by atoms with Gasteiger partial charge >= 0.3 is 0 Å². The lowest BCUT2D eigenvalue weighted by molar-refractivity contribution is -0.123. The number of nitrogens with zero attached hydrogens (tertiary/aromatic N) is 2. The van der Waals surface area contributed by atoms with E-state index in [9.17, 15) is 22.0 Å². The number of piperazine rings is 1. The average molecular weight is 450 g/mol. The molecular weight excluding hydrogens is 424 g/mol. The summed E-state index contributed by atoms with van der Waals surface area (Å²) in [6.45, 7) is 1.33. The topological polar surface area (TPSA) is 69.7 Å². The molecule has 2 aromatic rings. The van der Waals surface area contributed by atoms with Crippen molar-refractivity contribution >= 4 is 15.9 Å². The Bertz CT molecular complexity index is 1070. The lowest BCUT2D eigenvalue weighted by Gasteiger charge is -2.34. The summed E-state index contributed by atoms with van der Waals surface area (Å²) in [5, 5.41) is 3.11. The average Bonchev–Trinajstić information content (AvgIpc) is 2.76. The zero-order chi connectivity index (χ0) is 22.0. The van der Waals surface area contributed by atoms with Gasteiger partial charge in [0.25, 0.3) is 0 Å². The van der Waals surface area contributed by atoms with Gasteiger partial charge in [0.1, 0.15) is 0 Å². The molecule has 1 fully saturated rings. The van der Waals surface area contributed by atoms with Gasteiger partial charge in [0, 0.05) is 26.2 Å². The molecule has 0 aromatic heterocycles. The van der Waals surface area contributed by atoms with Gasteiger partial charge in [-0.2, -0.15) is 4.31 Å². The highest BCUT2D eigenvalue weighted by molar-refractivity contribution is 7.89. The molecule has 4 rings (SSSR count). The fraction of sp³-hybridized carbons (Fsp3) is 0.409. The molecule has 6 nitrogen and oxygen atoms in total. The van der Waals surface area contributed by atoms with Crippen molar-refractivity contribution in [1.82, 2.24) is 14.5 Å². The molecule has 1 aliphatic heterocycles. The van der Waals surface area contributed by atoms with E-state index in [2.05, 4.69) is 17.4 Å². The zero-order valence-corrected chi connectivity index (χ0v) is 17.9. The van der Waals surface area contributed by atoms with Crippen LogP contribution >= 0.6 is 0 Å². The first kappa shape index (κ1) is 21.9. The van der Waals surface area contributed by atoms with Gasteiger partial charge in [-0.05, 0) is 48.6 Å². The molecule has 1 N–H and O–H groups in total. The minimum absolute atomic E-state index is 0.00693. The van der Waals surface area contributed by atoms with Gasteiger partial charge in [-0.15, -0.1) is 0 Å². The van der Waals surface area contributed by atoms with Crippen LogP contribution in [0.5, 0.6) is 0 Å². The fourth-order valence-corrected chi connectivity index (χ4v) is 5.70. The molecule has 0 bridgehead atoms. The van der Waals surface area contributed by atoms with E-state index in [-0.39, 0.29) is 36.5 Å². The number of carbonyl (C=O) groups is 1. The number of sulfonamides is 1. The Morgan fingerprint density at radius 2 is 1.77 bits per heavy atom. The lowest BCUT2D eigenvalue weighted by Crippen LogP contribution is -2.51. The Morgan fingerprint density at radius 1 is 1.03 bits per heavy atom. The van der Waals surface area contributed by atoms with Gasteiger partial charge in [-0.1, -0.05) is 24.3 Å². The van der Waals surface area contributed by atoms with E-state index in [1.165, 1.54) is 15.4 Å². The van der Waals surface area contributed by atoms with Gasteiger partial charge in [-0.3, -0.25) is 9.69 Å². The predicted octanol–water partition coefficient (Wildman–Crippen LogP) is 2.46. The number of hydrogen-bond acceptors (Lipinski definition) is 4. The molecule has 1 unspecified atom stereocenters. The summed E-state index contributed by atoms with van der Waals surface area (Å²) >= 11 is 0. The summed E-state index contributed by atoms with van der Waals surface area (Å²) in [6.07, 6.45) is 2.96. The highest BCUT2D eigenvalue weighted by atomic mass is 32.2. The Hall–Kier alpha value is -2.36. The van der Waals surface area contributed by atoms with Crippen LogP contribution < -0.4 is 5.32 Å². The number of aryl methyl sites for hydroxylation is 1. The molecule has 2 aromatic carbocycles. The largest absolute Gasteiger partial charge is 0.348 e. The smallest absolute Gasteiger partial charge is 0.243 e. The second-order valence-electron chi connectivity index (χ2n) is 7.97. The summed E-state index contributed by atoms with van der Waals surface area (Å²) in [6, 6.07) is 10.7. The van der Waals surface area contributed by atoms with E-state index < -0.39 is 21.7 Å². The number of rotatable bonds is 5. The first-order valence-electron chi connectivity index (χ1n) is 10.4. The molecule has 1 atom stereocenters. The SMILES string of the molecule is O=C(CN1CCN(S(=O)(=O)c2ccc(F)c(F)c2)CC1)NC1CCCc2ccccc21. The number of carbonyl (C=O) groups excluding carboxylic acids is 1. The molecule has 0 radical (unpaired) electrons. The summed E-state index contributed by atoms with van der Waals surface area (Å²) < 4.78 is 53.2. The van der Waals surface area contributed by atoms with Crippen molar-refractivity contribution in [2.75, 3.05) is 32.7 Å². The third-order valence-electron chi connectivity index (χ3n) is 5.93. The van der Waals surface area contributed by atoms with E-state index in [0.29, 0.717) is 19.2 Å². The Labute approximate surface area is 180 Å². The normalized spacial score (nSPS) is 20.3. The molecule has 2 aliphatic rings. The second kappa shape index (κ2) is 9.02. The molecule has 0 spiro atoms. The van der Waals surface area contributed by atoms with Crippen LogP contribution in [0.4, 0.5) is 8.78 Å². The monoisotopic (exact) mass is 449 g/mol. The van der Waals surface area contributed by atoms with Gasteiger partial charge in [-0.25, -0.2) is 17.2 Å². The zero-order valence-electron chi connectivity index (χ0n) is 17.1. The Balaban J connectivity index is 1.32. The van der Waals surface area contributed by atoms with Crippen LogP contribution in [-0.4, -0.2) is 56.3 Å². The highest BCUT2D eigenvalue weighted by Crippen LogP contribution is 2.29. The van der Waals surface area contributed by atoms with Crippen molar-refractivity contribution in [1.29, 1.82) is 0 Å². The van der Waals surface area contributed by atoms with Crippen LogP contribution in [0.2, 0.25) is 0 Å². The molecule has 1 aliphatic carbocycles. The first-order valence-corrected chi connectivity index (χ1v) is 11.8. The quantitative estimate of drug-likeness (QED) is 0.762. The van der Waals surface area contributed by atoms with Crippen LogP contribution in [0.1, 0.15) is 30.0 Å². The van der Waals surface area contributed by atoms with E-state index in [0.717, 1.165) is 31.4 Å². The predicted molar refractivity (Wildman–Crippen MR) is 112 cm³/mol. The molecular formula is C22H25F2N3O3S. The van der Waals surface area contributed by atoms with Crippen molar-refractivity contribution in [2.45, 2.75) is 30.2 Å². The minimum atomic E-state index is -3.91. The molecule has 31 heavy (non-hydrogen) atoms. The van der Waals surface area contributed by atoms with Crippen LogP contribution in [0.15, 0.2) is 47.4 Å². The number of fused-ring (bicyclic) bond motifs is 1. The summed E-state index contributed by atoms with van der Waals surface area (Å²) in [5.74, 6) is -2.37. The van der Waals surface area contributed by atoms with Crippen LogP contribution in [-0.2, 0) is 21.2 Å². The van der Waals surface area contributed by atoms with Crippen molar-refractivity contribution < 1.29 is 22.0 Å². The number of amides is 1. The number of hydrogen-bond donors (Lipinski definition) is 1. The summed E-state index contributed by atoms with van der Waals surface area (Å²) in [4.78, 5) is 14.2. The number of benzene rings is 2.